The molecule has 0 aliphatic carbocycles. The molecule has 1 amide bonds. The van der Waals surface area contributed by atoms with Crippen molar-refractivity contribution in [3.05, 3.63) is 59.2 Å². The first-order valence-corrected chi connectivity index (χ1v) is 12.1. The van der Waals surface area contributed by atoms with Crippen molar-refractivity contribution < 1.29 is 18.3 Å². The van der Waals surface area contributed by atoms with E-state index in [2.05, 4.69) is 20.3 Å². The monoisotopic (exact) mass is 509 g/mol. The fourth-order valence-electron chi connectivity index (χ4n) is 4.44. The normalized spacial score (nSPS) is 14.4. The molecule has 194 valence electrons. The van der Waals surface area contributed by atoms with Crippen molar-refractivity contribution in [2.75, 3.05) is 36.5 Å². The van der Waals surface area contributed by atoms with Crippen molar-refractivity contribution in [1.82, 2.24) is 24.4 Å². The van der Waals surface area contributed by atoms with Gasteiger partial charge in [0.05, 0.1) is 53.8 Å². The van der Waals surface area contributed by atoms with Crippen LogP contribution in [0.3, 0.4) is 0 Å². The molecule has 4 aromatic rings. The van der Waals surface area contributed by atoms with E-state index < -0.39 is 23.2 Å². The van der Waals surface area contributed by atoms with Crippen molar-refractivity contribution in [2.45, 2.75) is 40.2 Å². The zero-order valence-electron chi connectivity index (χ0n) is 21.5. The lowest BCUT2D eigenvalue weighted by Crippen LogP contribution is -2.36. The van der Waals surface area contributed by atoms with Gasteiger partial charge in [-0.05, 0) is 58.4 Å². The highest BCUT2D eigenvalue weighted by Gasteiger charge is 2.25. The van der Waals surface area contributed by atoms with Crippen LogP contribution in [0.15, 0.2) is 30.6 Å². The number of morpholine rings is 1. The van der Waals surface area contributed by atoms with Crippen LogP contribution in [0.5, 0.6) is 0 Å². The maximum Gasteiger partial charge on any atom is 0.258 e. The summed E-state index contributed by atoms with van der Waals surface area (Å²) in [5.41, 5.74) is 3.20. The molecule has 0 bridgehead atoms. The van der Waals surface area contributed by atoms with Gasteiger partial charge in [0.25, 0.3) is 5.91 Å². The first-order chi connectivity index (χ1) is 17.5. The highest BCUT2D eigenvalue weighted by molar-refractivity contribution is 6.05. The summed E-state index contributed by atoms with van der Waals surface area (Å²) in [6.07, 6.45) is 3.04. The van der Waals surface area contributed by atoms with Gasteiger partial charge in [0.15, 0.2) is 5.65 Å². The number of nitrogens with zero attached hydrogens (tertiary/aromatic N) is 6. The molecule has 5 rings (SSSR count). The fourth-order valence-corrected chi connectivity index (χ4v) is 4.44. The average Bonchev–Trinajstić information content (AvgIpc) is 3.40. The van der Waals surface area contributed by atoms with E-state index in [-0.39, 0.29) is 11.3 Å². The summed E-state index contributed by atoms with van der Waals surface area (Å²) in [4.78, 5) is 19.9. The maximum atomic E-state index is 15.0. The van der Waals surface area contributed by atoms with Crippen LogP contribution in [-0.2, 0) is 10.3 Å². The summed E-state index contributed by atoms with van der Waals surface area (Å²) in [5, 5.41) is 11.2. The number of aromatic nitrogens is 5. The van der Waals surface area contributed by atoms with Crippen molar-refractivity contribution in [3.63, 3.8) is 0 Å². The van der Waals surface area contributed by atoms with E-state index in [1.165, 1.54) is 23.0 Å². The Morgan fingerprint density at radius 3 is 2.51 bits per heavy atom. The number of imidazole rings is 1. The minimum Gasteiger partial charge on any atom is -0.378 e. The number of fused-ring (bicyclic) bond motifs is 1. The minimum absolute atomic E-state index is 0.121. The number of carbonyl (C=O) groups is 1. The second-order valence-corrected chi connectivity index (χ2v) is 10.2. The largest absolute Gasteiger partial charge is 0.378 e. The fraction of sp³-hybridized carbons (Fsp3) is 0.385. The molecule has 0 spiro atoms. The van der Waals surface area contributed by atoms with Crippen molar-refractivity contribution in [2.24, 2.45) is 0 Å². The number of hydrogen-bond acceptors (Lipinski definition) is 6. The zero-order chi connectivity index (χ0) is 26.5. The van der Waals surface area contributed by atoms with Gasteiger partial charge in [0.1, 0.15) is 11.5 Å². The van der Waals surface area contributed by atoms with E-state index in [1.54, 1.807) is 32.2 Å². The number of amides is 1. The number of ether oxygens (including phenoxy) is 1. The molecule has 1 N–H and O–H groups in total. The Balaban J connectivity index is 1.55. The van der Waals surface area contributed by atoms with Crippen LogP contribution in [0, 0.1) is 25.6 Å². The second-order valence-electron chi connectivity index (χ2n) is 10.2. The lowest BCUT2D eigenvalue weighted by Gasteiger charge is -2.29. The van der Waals surface area contributed by atoms with Crippen LogP contribution in [0.25, 0.3) is 16.9 Å². The number of carbonyl (C=O) groups excluding carboxylic acids is 1. The molecule has 37 heavy (non-hydrogen) atoms. The van der Waals surface area contributed by atoms with Crippen LogP contribution in [0.4, 0.5) is 20.2 Å². The molecule has 1 aromatic carbocycles. The predicted molar refractivity (Wildman–Crippen MR) is 136 cm³/mol. The van der Waals surface area contributed by atoms with Crippen LogP contribution >= 0.6 is 0 Å². The maximum absolute atomic E-state index is 15.0. The minimum atomic E-state index is -0.779. The van der Waals surface area contributed by atoms with E-state index in [4.69, 9.17) is 9.84 Å². The molecule has 1 aliphatic heterocycles. The Labute approximate surface area is 213 Å². The van der Waals surface area contributed by atoms with Crippen molar-refractivity contribution in [1.29, 1.82) is 0 Å². The molecule has 9 nitrogen and oxygen atoms in total. The Hall–Kier alpha value is -3.86. The van der Waals surface area contributed by atoms with E-state index in [9.17, 15) is 13.6 Å². The third kappa shape index (κ3) is 4.66. The van der Waals surface area contributed by atoms with Crippen molar-refractivity contribution in [3.8, 4) is 11.3 Å². The Bertz CT molecular complexity index is 1500. The number of hydrogen-bond donors (Lipinski definition) is 1. The van der Waals surface area contributed by atoms with Gasteiger partial charge in [-0.25, -0.2) is 18.6 Å². The summed E-state index contributed by atoms with van der Waals surface area (Å²) in [6, 6.07) is 4.65. The molecule has 0 atom stereocenters. The predicted octanol–water partition coefficient (Wildman–Crippen LogP) is 4.33. The molecule has 1 saturated heterocycles. The van der Waals surface area contributed by atoms with Crippen LogP contribution in [0.2, 0.25) is 0 Å². The standard InChI is InChI=1S/C26H29F2N7O2/c1-15-10-19(27)18(25(36)31-21-13-29-35(23(21)28)26(3,4)5)11-17(15)20-12-22(33-6-8-37-9-7-33)24-30-16(2)14-34(24)32-20/h10-14H,6-9H2,1-5H3,(H,31,36). The summed E-state index contributed by atoms with van der Waals surface area (Å²) >= 11 is 0. The smallest absolute Gasteiger partial charge is 0.258 e. The summed E-state index contributed by atoms with van der Waals surface area (Å²) in [6.45, 7) is 11.6. The average molecular weight is 510 g/mol. The SMILES string of the molecule is Cc1cn2nc(-c3cc(C(=O)Nc4cnn(C(C)(C)C)c4F)c(F)cc3C)cc(N3CCOCC3)c2n1. The molecule has 1 aliphatic rings. The van der Waals surface area contributed by atoms with Gasteiger partial charge in [0, 0.05) is 18.7 Å². The lowest BCUT2D eigenvalue weighted by atomic mass is 10.0. The topological polar surface area (TPSA) is 89.6 Å². The molecule has 3 aromatic heterocycles. The highest BCUT2D eigenvalue weighted by atomic mass is 19.1. The summed E-state index contributed by atoms with van der Waals surface area (Å²) < 4.78 is 38.2. The Morgan fingerprint density at radius 1 is 1.11 bits per heavy atom. The highest BCUT2D eigenvalue weighted by Crippen LogP contribution is 2.31. The Morgan fingerprint density at radius 2 is 1.84 bits per heavy atom. The van der Waals surface area contributed by atoms with E-state index >= 15 is 0 Å². The summed E-state index contributed by atoms with van der Waals surface area (Å²) in [5.74, 6) is -2.19. The van der Waals surface area contributed by atoms with Gasteiger partial charge in [-0.2, -0.15) is 14.6 Å². The number of benzene rings is 1. The van der Waals surface area contributed by atoms with Gasteiger partial charge in [0.2, 0.25) is 5.95 Å². The third-order valence-electron chi connectivity index (χ3n) is 6.31. The van der Waals surface area contributed by atoms with E-state index in [0.29, 0.717) is 48.8 Å². The van der Waals surface area contributed by atoms with E-state index in [1.807, 2.05) is 19.2 Å². The zero-order valence-corrected chi connectivity index (χ0v) is 21.5. The quantitative estimate of drug-likeness (QED) is 0.441. The molecule has 1 fully saturated rings. The van der Waals surface area contributed by atoms with Gasteiger partial charge in [-0.15, -0.1) is 0 Å². The molecule has 4 heterocycles. The van der Waals surface area contributed by atoms with Gasteiger partial charge >= 0.3 is 0 Å². The van der Waals surface area contributed by atoms with E-state index in [0.717, 1.165) is 11.4 Å². The molecular weight excluding hydrogens is 480 g/mol. The molecular formula is C26H29F2N7O2. The Kier molecular flexibility index (Phi) is 6.18. The third-order valence-corrected chi connectivity index (χ3v) is 6.31. The van der Waals surface area contributed by atoms with Crippen LogP contribution < -0.4 is 10.2 Å². The van der Waals surface area contributed by atoms with Crippen LogP contribution in [-0.4, -0.2) is 56.6 Å². The number of rotatable bonds is 4. The number of nitrogens with one attached hydrogen (secondary N) is 1. The molecule has 0 saturated carbocycles. The van der Waals surface area contributed by atoms with Gasteiger partial charge in [-0.1, -0.05) is 0 Å². The van der Waals surface area contributed by atoms with Gasteiger partial charge in [-0.3, -0.25) is 4.79 Å². The van der Waals surface area contributed by atoms with Crippen molar-refractivity contribution >= 4 is 22.9 Å². The van der Waals surface area contributed by atoms with Gasteiger partial charge < -0.3 is 15.0 Å². The lowest BCUT2D eigenvalue weighted by molar-refractivity contribution is 0.102. The second kappa shape index (κ2) is 9.22. The number of anilines is 2. The number of aryl methyl sites for hydroxylation is 2. The molecule has 0 radical (unpaired) electrons. The number of halogens is 2. The molecule has 0 unspecified atom stereocenters. The summed E-state index contributed by atoms with van der Waals surface area (Å²) in [7, 11) is 0. The first kappa shape index (κ1) is 24.8. The van der Waals surface area contributed by atoms with Crippen LogP contribution in [0.1, 0.15) is 42.4 Å². The first-order valence-electron chi connectivity index (χ1n) is 12.1. The molecule has 11 heteroatoms.